The summed E-state index contributed by atoms with van der Waals surface area (Å²) in [4.78, 5) is 14.9. The van der Waals surface area contributed by atoms with Gasteiger partial charge in [-0.2, -0.15) is 0 Å². The quantitative estimate of drug-likeness (QED) is 0.672. The van der Waals surface area contributed by atoms with Gasteiger partial charge in [-0.1, -0.05) is 26.0 Å². The predicted octanol–water partition coefficient (Wildman–Crippen LogP) is 5.21. The summed E-state index contributed by atoms with van der Waals surface area (Å²) < 4.78 is 5.82. The van der Waals surface area contributed by atoms with Crippen LogP contribution in [0.4, 0.5) is 11.4 Å². The molecule has 4 heteroatoms. The molecule has 0 heterocycles. The average Bonchev–Trinajstić information content (AvgIpc) is 2.64. The van der Waals surface area contributed by atoms with Crippen LogP contribution in [0.25, 0.3) is 0 Å². The van der Waals surface area contributed by atoms with Crippen molar-refractivity contribution in [2.24, 2.45) is 5.92 Å². The number of ether oxygens (including phenoxy) is 1. The lowest BCUT2D eigenvalue weighted by Crippen LogP contribution is -2.21. The molecule has 0 saturated carbocycles. The number of nitrogens with one attached hydrogen (secondary N) is 1. The summed E-state index contributed by atoms with van der Waals surface area (Å²) in [5.74, 6) is 1.05. The van der Waals surface area contributed by atoms with Crippen molar-refractivity contribution in [3.05, 3.63) is 54.1 Å². The minimum Gasteiger partial charge on any atom is -0.493 e. The highest BCUT2D eigenvalue weighted by Crippen LogP contribution is 2.22. The third-order valence-electron chi connectivity index (χ3n) is 4.34. The normalized spacial score (nSPS) is 10.7. The Kier molecular flexibility index (Phi) is 7.52. The topological polar surface area (TPSA) is 41.6 Å². The number of nitrogens with zero attached hydrogens (tertiary/aromatic N) is 1. The lowest BCUT2D eigenvalue weighted by atomic mass is 10.1. The van der Waals surface area contributed by atoms with Crippen LogP contribution in [0.5, 0.6) is 5.75 Å². The molecule has 0 spiro atoms. The Balaban J connectivity index is 2.05. The highest BCUT2D eigenvalue weighted by Gasteiger charge is 2.13. The van der Waals surface area contributed by atoms with Gasteiger partial charge in [-0.3, -0.25) is 4.79 Å². The lowest BCUT2D eigenvalue weighted by Gasteiger charge is -2.21. The molecule has 1 amide bonds. The van der Waals surface area contributed by atoms with E-state index in [-0.39, 0.29) is 5.91 Å². The number of anilines is 2. The van der Waals surface area contributed by atoms with Crippen molar-refractivity contribution in [2.45, 2.75) is 34.1 Å². The van der Waals surface area contributed by atoms with E-state index in [2.05, 4.69) is 37.9 Å². The molecule has 4 nitrogen and oxygen atoms in total. The van der Waals surface area contributed by atoms with Gasteiger partial charge >= 0.3 is 0 Å². The van der Waals surface area contributed by atoms with Crippen molar-refractivity contribution in [1.82, 2.24) is 0 Å². The van der Waals surface area contributed by atoms with Gasteiger partial charge in [0.1, 0.15) is 5.75 Å². The fourth-order valence-electron chi connectivity index (χ4n) is 2.73. The maximum absolute atomic E-state index is 12.7. The average molecular weight is 354 g/mol. The molecule has 0 aromatic heterocycles. The van der Waals surface area contributed by atoms with E-state index in [1.54, 1.807) is 6.07 Å². The summed E-state index contributed by atoms with van der Waals surface area (Å²) in [6.45, 7) is 11.1. The van der Waals surface area contributed by atoms with Gasteiger partial charge in [-0.05, 0) is 62.6 Å². The van der Waals surface area contributed by atoms with Crippen LogP contribution in [0.3, 0.4) is 0 Å². The van der Waals surface area contributed by atoms with Crippen LogP contribution in [0.15, 0.2) is 48.5 Å². The monoisotopic (exact) mass is 354 g/mol. The van der Waals surface area contributed by atoms with Crippen LogP contribution < -0.4 is 15.0 Å². The maximum Gasteiger partial charge on any atom is 0.259 e. The second-order valence-electron chi connectivity index (χ2n) is 6.70. The van der Waals surface area contributed by atoms with Crippen molar-refractivity contribution in [2.75, 3.05) is 29.9 Å². The molecule has 2 rings (SSSR count). The fraction of sp³-hybridized carbons (Fsp3) is 0.409. The summed E-state index contributed by atoms with van der Waals surface area (Å²) in [6.07, 6.45) is 0.961. The first kappa shape index (κ1) is 19.8. The van der Waals surface area contributed by atoms with Gasteiger partial charge < -0.3 is 15.0 Å². The highest BCUT2D eigenvalue weighted by atomic mass is 16.5. The van der Waals surface area contributed by atoms with E-state index in [1.165, 1.54) is 0 Å². The standard InChI is InChI=1S/C22H30N2O2/c1-5-24(6-2)19-13-11-18(12-14-19)23-22(25)20-9-7-8-10-21(20)26-16-15-17(3)4/h7-14,17H,5-6,15-16H2,1-4H3,(H,23,25). The highest BCUT2D eigenvalue weighted by molar-refractivity contribution is 6.06. The summed E-state index contributed by atoms with van der Waals surface area (Å²) in [7, 11) is 0. The number of hydrogen-bond donors (Lipinski definition) is 1. The number of rotatable bonds is 9. The molecule has 0 aliphatic rings. The molecule has 0 saturated heterocycles. The molecule has 0 aliphatic heterocycles. The van der Waals surface area contributed by atoms with Gasteiger partial charge in [-0.25, -0.2) is 0 Å². The number of amides is 1. The van der Waals surface area contributed by atoms with Gasteiger partial charge in [-0.15, -0.1) is 0 Å². The fourth-order valence-corrected chi connectivity index (χ4v) is 2.73. The van der Waals surface area contributed by atoms with Gasteiger partial charge in [0.2, 0.25) is 0 Å². The van der Waals surface area contributed by atoms with Gasteiger partial charge in [0.05, 0.1) is 12.2 Å². The number of hydrogen-bond acceptors (Lipinski definition) is 3. The summed E-state index contributed by atoms with van der Waals surface area (Å²) in [5.41, 5.74) is 2.50. The van der Waals surface area contributed by atoms with Crippen LogP contribution in [0.1, 0.15) is 44.5 Å². The van der Waals surface area contributed by atoms with Crippen molar-refractivity contribution in [1.29, 1.82) is 0 Å². The molecule has 0 atom stereocenters. The Bertz CT molecular complexity index is 692. The summed E-state index contributed by atoms with van der Waals surface area (Å²) >= 11 is 0. The van der Waals surface area contributed by atoms with Crippen molar-refractivity contribution in [3.8, 4) is 5.75 Å². The number of carbonyl (C=O) groups is 1. The van der Waals surface area contributed by atoms with E-state index < -0.39 is 0 Å². The van der Waals surface area contributed by atoms with Crippen LogP contribution >= 0.6 is 0 Å². The van der Waals surface area contributed by atoms with Crippen molar-refractivity contribution in [3.63, 3.8) is 0 Å². The first-order valence-corrected chi connectivity index (χ1v) is 9.43. The van der Waals surface area contributed by atoms with Crippen molar-refractivity contribution >= 4 is 17.3 Å². The third-order valence-corrected chi connectivity index (χ3v) is 4.34. The molecule has 26 heavy (non-hydrogen) atoms. The minimum atomic E-state index is -0.152. The first-order chi connectivity index (χ1) is 12.5. The molecule has 0 fully saturated rings. The van der Waals surface area contributed by atoms with E-state index in [0.717, 1.165) is 30.9 Å². The number of carbonyl (C=O) groups excluding carboxylic acids is 1. The van der Waals surface area contributed by atoms with E-state index in [1.807, 2.05) is 42.5 Å². The third kappa shape index (κ3) is 5.51. The van der Waals surface area contributed by atoms with Crippen molar-refractivity contribution < 1.29 is 9.53 Å². The number of para-hydroxylation sites is 1. The second kappa shape index (κ2) is 9.85. The maximum atomic E-state index is 12.7. The Morgan fingerprint density at radius 1 is 1.04 bits per heavy atom. The Morgan fingerprint density at radius 2 is 1.69 bits per heavy atom. The smallest absolute Gasteiger partial charge is 0.259 e. The van der Waals surface area contributed by atoms with Crippen LogP contribution in [0.2, 0.25) is 0 Å². The van der Waals surface area contributed by atoms with Crippen LogP contribution in [0, 0.1) is 5.92 Å². The minimum absolute atomic E-state index is 0.152. The molecule has 0 aliphatic carbocycles. The predicted molar refractivity (Wildman–Crippen MR) is 109 cm³/mol. The Morgan fingerprint density at radius 3 is 2.31 bits per heavy atom. The molecule has 2 aromatic carbocycles. The second-order valence-corrected chi connectivity index (χ2v) is 6.70. The van der Waals surface area contributed by atoms with E-state index in [9.17, 15) is 4.79 Å². The lowest BCUT2D eigenvalue weighted by molar-refractivity contribution is 0.102. The van der Waals surface area contributed by atoms with E-state index in [0.29, 0.717) is 23.8 Å². The molecule has 0 unspecified atom stereocenters. The van der Waals surface area contributed by atoms with Gasteiger partial charge in [0, 0.05) is 24.5 Å². The molecule has 0 bridgehead atoms. The molecule has 0 radical (unpaired) electrons. The van der Waals surface area contributed by atoms with Gasteiger partial charge in [0.15, 0.2) is 0 Å². The molecule has 2 aromatic rings. The first-order valence-electron chi connectivity index (χ1n) is 9.43. The van der Waals surface area contributed by atoms with Gasteiger partial charge in [0.25, 0.3) is 5.91 Å². The SMILES string of the molecule is CCN(CC)c1ccc(NC(=O)c2ccccc2OCCC(C)C)cc1. The molecule has 1 N–H and O–H groups in total. The molecule has 140 valence electrons. The van der Waals surface area contributed by atoms with E-state index in [4.69, 9.17) is 4.74 Å². The zero-order valence-corrected chi connectivity index (χ0v) is 16.3. The summed E-state index contributed by atoms with van der Waals surface area (Å²) in [5, 5.41) is 2.96. The number of benzene rings is 2. The molecular weight excluding hydrogens is 324 g/mol. The van der Waals surface area contributed by atoms with E-state index >= 15 is 0 Å². The zero-order valence-electron chi connectivity index (χ0n) is 16.3. The van der Waals surface area contributed by atoms with Crippen LogP contribution in [-0.4, -0.2) is 25.6 Å². The Hall–Kier alpha value is -2.49. The largest absolute Gasteiger partial charge is 0.493 e. The van der Waals surface area contributed by atoms with Crippen LogP contribution in [-0.2, 0) is 0 Å². The Labute approximate surface area is 157 Å². The summed E-state index contributed by atoms with van der Waals surface area (Å²) in [6, 6.07) is 15.3. The zero-order chi connectivity index (χ0) is 18.9. The molecular formula is C22H30N2O2.